The molecule has 2 aliphatic carbocycles. The predicted octanol–water partition coefficient (Wildman–Crippen LogP) is 10.3. The molecule has 0 spiro atoms. The van der Waals surface area contributed by atoms with Crippen molar-refractivity contribution < 1.29 is 29.4 Å². The first kappa shape index (κ1) is 42.1. The van der Waals surface area contributed by atoms with Crippen molar-refractivity contribution in [2.24, 2.45) is 23.7 Å². The van der Waals surface area contributed by atoms with Crippen molar-refractivity contribution in [3.8, 4) is 22.3 Å². The second-order valence-electron chi connectivity index (χ2n) is 16.4. The number of rotatable bonds is 10. The van der Waals surface area contributed by atoms with Gasteiger partial charge in [0.25, 0.3) is 0 Å². The highest BCUT2D eigenvalue weighted by Crippen LogP contribution is 2.49. The third-order valence-corrected chi connectivity index (χ3v) is 13.1. The van der Waals surface area contributed by atoms with Crippen LogP contribution in [0.15, 0.2) is 170 Å². The first-order valence-corrected chi connectivity index (χ1v) is 20.9. The van der Waals surface area contributed by atoms with E-state index in [9.17, 15) is 29.4 Å². The smallest absolute Gasteiger partial charge is 0.157 e. The summed E-state index contributed by atoms with van der Waals surface area (Å²) in [6.07, 6.45) is -0.975. The fraction of sp³-hybridized carbons (Fsp3) is 0.259. The van der Waals surface area contributed by atoms with E-state index in [1.165, 1.54) is 0 Å². The Morgan fingerprint density at radius 3 is 0.950 bits per heavy atom. The zero-order valence-electron chi connectivity index (χ0n) is 34.6. The zero-order valence-corrected chi connectivity index (χ0v) is 34.6. The largest absolute Gasteiger partial charge is 0.388 e. The molecule has 8 rings (SSSR count). The summed E-state index contributed by atoms with van der Waals surface area (Å²) in [5.74, 6) is -3.03. The fourth-order valence-corrected chi connectivity index (χ4v) is 9.48. The Bertz CT molecular complexity index is 2260. The lowest BCUT2D eigenvalue weighted by molar-refractivity contribution is -0.132. The maximum Gasteiger partial charge on any atom is 0.157 e. The van der Waals surface area contributed by atoms with Crippen LogP contribution in [0.5, 0.6) is 0 Å². The van der Waals surface area contributed by atoms with Crippen LogP contribution < -0.4 is 0 Å². The van der Waals surface area contributed by atoms with E-state index in [-0.39, 0.29) is 23.1 Å². The molecule has 0 aromatic heterocycles. The van der Waals surface area contributed by atoms with Gasteiger partial charge in [0.15, 0.2) is 23.1 Å². The van der Waals surface area contributed by atoms with Crippen LogP contribution in [0.3, 0.4) is 0 Å². The van der Waals surface area contributed by atoms with Crippen molar-refractivity contribution in [3.63, 3.8) is 0 Å². The molecule has 8 atom stereocenters. The summed E-state index contributed by atoms with van der Waals surface area (Å²) in [6.45, 7) is 7.23. The van der Waals surface area contributed by atoms with E-state index in [0.717, 1.165) is 22.3 Å². The number of ketones is 4. The first-order chi connectivity index (χ1) is 29.0. The Morgan fingerprint density at radius 1 is 0.400 bits per heavy atom. The van der Waals surface area contributed by atoms with Gasteiger partial charge >= 0.3 is 0 Å². The number of Topliss-reactive ketones (excluding diaryl/α,β-unsaturated/α-hetero) is 4. The number of hydrogen-bond donors (Lipinski definition) is 2. The van der Waals surface area contributed by atoms with Crippen molar-refractivity contribution >= 4 is 23.1 Å². The molecule has 0 heterocycles. The van der Waals surface area contributed by atoms with Gasteiger partial charge in [-0.3, -0.25) is 19.2 Å². The molecule has 0 bridgehead atoms. The lowest BCUT2D eigenvalue weighted by Gasteiger charge is -2.24. The third-order valence-electron chi connectivity index (χ3n) is 13.1. The van der Waals surface area contributed by atoms with Gasteiger partial charge in [0.05, 0.1) is 24.0 Å². The van der Waals surface area contributed by atoms with Crippen LogP contribution in [0.25, 0.3) is 22.3 Å². The standard InChI is InChI=1S/2C27H26O3/c2*1-3-22-23(26(30)27(2,25(22)29)21-12-8-5-9-13-21)24(28)20-16-14-19(15-17-20)18-10-6-4-7-11-18/h2*4-17,22-24,28H,3H2,1-2H3/t2*22-,23+,24+,27-/m10/s1. The highest BCUT2D eigenvalue weighted by atomic mass is 16.3. The highest BCUT2D eigenvalue weighted by Gasteiger charge is 2.60. The molecule has 6 nitrogen and oxygen atoms in total. The molecule has 0 amide bonds. The molecule has 60 heavy (non-hydrogen) atoms. The van der Waals surface area contributed by atoms with Crippen LogP contribution in [0.2, 0.25) is 0 Å². The Morgan fingerprint density at radius 2 is 0.667 bits per heavy atom. The molecule has 6 heteroatoms. The highest BCUT2D eigenvalue weighted by molar-refractivity contribution is 6.21. The quantitative estimate of drug-likeness (QED) is 0.134. The average molecular weight is 797 g/mol. The van der Waals surface area contributed by atoms with E-state index in [4.69, 9.17) is 0 Å². The van der Waals surface area contributed by atoms with Crippen LogP contribution in [-0.2, 0) is 30.0 Å². The molecule has 0 unspecified atom stereocenters. The lowest BCUT2D eigenvalue weighted by atomic mass is 9.77. The van der Waals surface area contributed by atoms with Crippen molar-refractivity contribution in [1.82, 2.24) is 0 Å². The molecule has 0 radical (unpaired) electrons. The van der Waals surface area contributed by atoms with E-state index in [1.54, 1.807) is 13.8 Å². The molecule has 6 aromatic rings. The van der Waals surface area contributed by atoms with E-state index < -0.39 is 46.7 Å². The molecule has 304 valence electrons. The minimum Gasteiger partial charge on any atom is -0.388 e. The predicted molar refractivity (Wildman–Crippen MR) is 236 cm³/mol. The second kappa shape index (κ2) is 17.6. The molecular weight excluding hydrogens is 745 g/mol. The topological polar surface area (TPSA) is 109 Å². The number of carbonyl (C=O) groups excluding carboxylic acids is 4. The third kappa shape index (κ3) is 7.51. The van der Waals surface area contributed by atoms with Gasteiger partial charge in [-0.05, 0) is 71.2 Å². The number of carbonyl (C=O) groups is 4. The van der Waals surface area contributed by atoms with Crippen LogP contribution >= 0.6 is 0 Å². The van der Waals surface area contributed by atoms with E-state index >= 15 is 0 Å². The molecule has 2 saturated carbocycles. The summed E-state index contributed by atoms with van der Waals surface area (Å²) in [5.41, 5.74) is 4.58. The first-order valence-electron chi connectivity index (χ1n) is 20.9. The van der Waals surface area contributed by atoms with Gasteiger partial charge in [-0.2, -0.15) is 0 Å². The summed E-state index contributed by atoms with van der Waals surface area (Å²) in [4.78, 5) is 53.7. The van der Waals surface area contributed by atoms with Crippen LogP contribution in [-0.4, -0.2) is 33.3 Å². The Kier molecular flexibility index (Phi) is 12.4. The van der Waals surface area contributed by atoms with Gasteiger partial charge in [0.2, 0.25) is 0 Å². The SMILES string of the molecule is CC[C@@H]1C(=O)[C@](C)(c2ccccc2)C(=O)[C@H]1[C@H](O)c1ccc(-c2ccccc2)cc1.CC[C@H]1C(=O)[C@@](C)(c2ccccc2)C(=O)[C@@H]1[C@@H](O)c1ccc(-c2ccccc2)cc1. The fourth-order valence-electron chi connectivity index (χ4n) is 9.48. The molecule has 6 aromatic carbocycles. The van der Waals surface area contributed by atoms with Crippen molar-refractivity contribution in [2.75, 3.05) is 0 Å². The molecule has 2 aliphatic rings. The maximum atomic E-state index is 13.5. The minimum atomic E-state index is -1.21. The van der Waals surface area contributed by atoms with Gasteiger partial charge in [-0.25, -0.2) is 0 Å². The summed E-state index contributed by atoms with van der Waals surface area (Å²) in [6, 6.07) is 53.6. The molecular formula is C54H52O6. The number of aliphatic hydroxyl groups is 2. The van der Waals surface area contributed by atoms with Gasteiger partial charge in [0.1, 0.15) is 10.8 Å². The van der Waals surface area contributed by atoms with Gasteiger partial charge in [0, 0.05) is 11.8 Å². The lowest BCUT2D eigenvalue weighted by Crippen LogP contribution is -2.36. The van der Waals surface area contributed by atoms with Crippen LogP contribution in [0, 0.1) is 23.7 Å². The monoisotopic (exact) mass is 796 g/mol. The Hall–Kier alpha value is -6.08. The zero-order chi connectivity index (χ0) is 42.6. The van der Waals surface area contributed by atoms with Crippen LogP contribution in [0.4, 0.5) is 0 Å². The molecule has 2 N–H and O–H groups in total. The summed E-state index contributed by atoms with van der Waals surface area (Å²) in [5, 5.41) is 22.4. The number of aliphatic hydroxyl groups excluding tert-OH is 2. The molecule has 0 saturated heterocycles. The van der Waals surface area contributed by atoms with E-state index in [2.05, 4.69) is 0 Å². The van der Waals surface area contributed by atoms with Crippen molar-refractivity contribution in [3.05, 3.63) is 192 Å². The maximum absolute atomic E-state index is 13.5. The van der Waals surface area contributed by atoms with Crippen molar-refractivity contribution in [1.29, 1.82) is 0 Å². The summed E-state index contributed by atoms with van der Waals surface area (Å²) in [7, 11) is 0. The molecule has 2 fully saturated rings. The number of benzene rings is 6. The van der Waals surface area contributed by atoms with Crippen molar-refractivity contribution in [2.45, 2.75) is 63.6 Å². The minimum absolute atomic E-state index is 0.0915. The van der Waals surface area contributed by atoms with Crippen LogP contribution in [0.1, 0.15) is 75.0 Å². The van der Waals surface area contributed by atoms with Gasteiger partial charge in [-0.1, -0.05) is 184 Å². The molecule has 0 aliphatic heterocycles. The summed E-state index contributed by atoms with van der Waals surface area (Å²) >= 11 is 0. The van der Waals surface area contributed by atoms with E-state index in [1.807, 2.05) is 184 Å². The second-order valence-corrected chi connectivity index (χ2v) is 16.4. The number of hydrogen-bond acceptors (Lipinski definition) is 6. The Labute approximate surface area is 353 Å². The average Bonchev–Trinajstić information content (AvgIpc) is 3.64. The van der Waals surface area contributed by atoms with Gasteiger partial charge < -0.3 is 10.2 Å². The summed E-state index contributed by atoms with van der Waals surface area (Å²) < 4.78 is 0. The van der Waals surface area contributed by atoms with E-state index in [0.29, 0.717) is 35.1 Å². The normalized spacial score (nSPS) is 24.8. The van der Waals surface area contributed by atoms with Gasteiger partial charge in [-0.15, -0.1) is 0 Å². The Balaban J connectivity index is 0.000000181.